The Morgan fingerprint density at radius 2 is 1.56 bits per heavy atom. The van der Waals surface area contributed by atoms with Gasteiger partial charge >= 0.3 is 0 Å². The summed E-state index contributed by atoms with van der Waals surface area (Å²) < 4.78 is 1.30. The summed E-state index contributed by atoms with van der Waals surface area (Å²) in [6, 6.07) is 10.7. The highest BCUT2D eigenvalue weighted by Gasteiger charge is 2.37. The molecular weight excluding hydrogens is 283 g/mol. The van der Waals surface area contributed by atoms with Gasteiger partial charge in [0.25, 0.3) is 0 Å². The van der Waals surface area contributed by atoms with Gasteiger partial charge in [-0.05, 0) is 5.56 Å². The second-order valence-electron chi connectivity index (χ2n) is 5.84. The summed E-state index contributed by atoms with van der Waals surface area (Å²) in [5.74, 6) is 4.42. The highest BCUT2D eigenvalue weighted by Crippen LogP contribution is 2.47. The van der Waals surface area contributed by atoms with E-state index in [2.05, 4.69) is 52.2 Å². The van der Waals surface area contributed by atoms with Gasteiger partial charge in [0.2, 0.25) is 0 Å². The number of benzene rings is 1. The topological polar surface area (TPSA) is 0 Å². The molecule has 94 valence electrons. The summed E-state index contributed by atoms with van der Waals surface area (Å²) in [4.78, 5) is 0. The van der Waals surface area contributed by atoms with Crippen molar-refractivity contribution in [1.82, 2.24) is 0 Å². The number of hydrogen-bond donors (Lipinski definition) is 0. The quantitative estimate of drug-likeness (QED) is 0.627. The van der Waals surface area contributed by atoms with E-state index in [-0.39, 0.29) is 0 Å². The Hall–Kier alpha value is -0.495. The van der Waals surface area contributed by atoms with E-state index in [1.165, 1.54) is 48.6 Å². The summed E-state index contributed by atoms with van der Waals surface area (Å²) in [7, 11) is 0. The molecule has 2 bridgehead atoms. The monoisotopic (exact) mass is 302 g/mol. The van der Waals surface area contributed by atoms with Crippen LogP contribution in [0.4, 0.5) is 0 Å². The Morgan fingerprint density at radius 1 is 1.00 bits per heavy atom. The lowest BCUT2D eigenvalue weighted by Crippen LogP contribution is -2.33. The third-order valence-corrected chi connectivity index (χ3v) is 5.50. The molecule has 0 radical (unpaired) electrons. The predicted molar refractivity (Wildman–Crippen MR) is 84.3 cm³/mol. The van der Waals surface area contributed by atoms with Crippen molar-refractivity contribution < 1.29 is 0 Å². The van der Waals surface area contributed by atoms with Crippen molar-refractivity contribution in [3.63, 3.8) is 0 Å². The average Bonchev–Trinajstić information content (AvgIpc) is 2.39. The van der Waals surface area contributed by atoms with Gasteiger partial charge < -0.3 is 0 Å². The first-order valence-corrected chi connectivity index (χ1v) is 8.06. The Bertz CT molecular complexity index is 404. The zero-order chi connectivity index (χ0) is 12.4. The Kier molecular flexibility index (Phi) is 3.93. The van der Waals surface area contributed by atoms with Gasteiger partial charge in [0.1, 0.15) is 0 Å². The van der Waals surface area contributed by atoms with Crippen molar-refractivity contribution in [3.05, 3.63) is 41.9 Å². The van der Waals surface area contributed by atoms with Crippen LogP contribution in [0.25, 0.3) is 4.48 Å². The summed E-state index contributed by atoms with van der Waals surface area (Å²) in [5, 5.41) is 0. The van der Waals surface area contributed by atoms with Crippen LogP contribution in [0.2, 0.25) is 11.6 Å². The van der Waals surface area contributed by atoms with E-state index in [0.717, 1.165) is 18.3 Å². The van der Waals surface area contributed by atoms with E-state index in [0.29, 0.717) is 0 Å². The highest BCUT2D eigenvalue weighted by molar-refractivity contribution is 9.15. The average molecular weight is 303 g/mol. The van der Waals surface area contributed by atoms with Crippen LogP contribution in [0.1, 0.15) is 44.1 Å². The lowest BCUT2D eigenvalue weighted by Gasteiger charge is -2.39. The molecule has 1 aromatic carbocycles. The van der Waals surface area contributed by atoms with E-state index in [1.807, 2.05) is 0 Å². The molecule has 0 spiro atoms. The SMILES string of the molecule is Br/C(=C/B1C2CCCC1CCC2)c1ccccc1. The summed E-state index contributed by atoms with van der Waals surface area (Å²) in [6.07, 6.45) is 8.73. The number of fused-ring (bicyclic) bond motifs is 2. The molecule has 0 amide bonds. The standard InChI is InChI=1S/C16H20BBr/c18-16(13-6-2-1-3-7-13)12-17-14-8-4-9-15(17)11-5-10-14/h1-3,6-7,12,14-15H,4-5,8-11H2/b16-12+. The van der Waals surface area contributed by atoms with Crippen molar-refractivity contribution in [1.29, 1.82) is 0 Å². The van der Waals surface area contributed by atoms with Crippen molar-refractivity contribution in [2.24, 2.45) is 0 Å². The maximum absolute atomic E-state index is 3.79. The molecule has 0 N–H and O–H groups in total. The first-order chi connectivity index (χ1) is 8.84. The van der Waals surface area contributed by atoms with Crippen LogP contribution in [-0.2, 0) is 0 Å². The molecule has 1 aromatic rings. The minimum Gasteiger partial charge on any atom is -0.0999 e. The van der Waals surface area contributed by atoms with E-state index >= 15 is 0 Å². The molecule has 2 fully saturated rings. The van der Waals surface area contributed by atoms with E-state index in [4.69, 9.17) is 0 Å². The molecule has 0 nitrogen and oxygen atoms in total. The van der Waals surface area contributed by atoms with E-state index in [9.17, 15) is 0 Å². The van der Waals surface area contributed by atoms with E-state index in [1.54, 1.807) is 0 Å². The van der Waals surface area contributed by atoms with Gasteiger partial charge in [0, 0.05) is 4.48 Å². The second-order valence-corrected chi connectivity index (χ2v) is 6.69. The normalized spacial score (nSPS) is 28.3. The van der Waals surface area contributed by atoms with Gasteiger partial charge in [0.05, 0.1) is 0 Å². The van der Waals surface area contributed by atoms with Crippen LogP contribution in [-0.4, -0.2) is 6.71 Å². The van der Waals surface area contributed by atoms with Crippen LogP contribution in [0.3, 0.4) is 0 Å². The molecule has 0 atom stereocenters. The first-order valence-electron chi connectivity index (χ1n) is 7.27. The molecule has 2 heterocycles. The van der Waals surface area contributed by atoms with Crippen molar-refractivity contribution >= 4 is 27.1 Å². The number of rotatable bonds is 2. The Labute approximate surface area is 119 Å². The van der Waals surface area contributed by atoms with Gasteiger partial charge in [-0.1, -0.05) is 102 Å². The maximum atomic E-state index is 3.79. The van der Waals surface area contributed by atoms with Crippen LogP contribution in [0.5, 0.6) is 0 Å². The highest BCUT2D eigenvalue weighted by atomic mass is 79.9. The largest absolute Gasteiger partial charge is 0.174 e. The van der Waals surface area contributed by atoms with Gasteiger partial charge in [-0.3, -0.25) is 0 Å². The van der Waals surface area contributed by atoms with Crippen LogP contribution < -0.4 is 0 Å². The van der Waals surface area contributed by atoms with Gasteiger partial charge in [0.15, 0.2) is 6.71 Å². The van der Waals surface area contributed by atoms with Gasteiger partial charge in [-0.25, -0.2) is 0 Å². The molecule has 0 saturated carbocycles. The molecule has 18 heavy (non-hydrogen) atoms. The number of halogens is 1. The fraction of sp³-hybridized carbons (Fsp3) is 0.500. The molecule has 0 unspecified atom stereocenters. The first kappa shape index (κ1) is 12.5. The molecule has 0 aliphatic carbocycles. The van der Waals surface area contributed by atoms with Crippen LogP contribution >= 0.6 is 15.9 Å². The predicted octanol–water partition coefficient (Wildman–Crippen LogP) is 5.56. The molecule has 2 saturated heterocycles. The minimum atomic E-state index is 0.821. The lowest BCUT2D eigenvalue weighted by molar-refractivity contribution is 0.447. The van der Waals surface area contributed by atoms with Gasteiger partial charge in [-0.15, -0.1) is 0 Å². The minimum absolute atomic E-state index is 0.821. The fourth-order valence-corrected chi connectivity index (χ4v) is 4.43. The van der Waals surface area contributed by atoms with Gasteiger partial charge in [-0.2, -0.15) is 0 Å². The third kappa shape index (κ3) is 2.59. The van der Waals surface area contributed by atoms with Crippen LogP contribution in [0.15, 0.2) is 36.3 Å². The molecular formula is C16H20BBr. The summed E-state index contributed by atoms with van der Waals surface area (Å²) in [5.41, 5.74) is 1.32. The third-order valence-electron chi connectivity index (χ3n) is 4.78. The van der Waals surface area contributed by atoms with Crippen molar-refractivity contribution in [2.45, 2.75) is 50.2 Å². The fourth-order valence-electron chi connectivity index (χ4n) is 3.86. The lowest BCUT2D eigenvalue weighted by atomic mass is 9.27. The maximum Gasteiger partial charge on any atom is 0.174 e. The molecule has 2 aliphatic rings. The smallest absolute Gasteiger partial charge is 0.0999 e. The Morgan fingerprint density at radius 3 is 2.11 bits per heavy atom. The van der Waals surface area contributed by atoms with E-state index < -0.39 is 0 Å². The zero-order valence-corrected chi connectivity index (χ0v) is 12.4. The van der Waals surface area contributed by atoms with Crippen molar-refractivity contribution in [3.8, 4) is 0 Å². The molecule has 2 heteroatoms. The molecule has 3 rings (SSSR count). The van der Waals surface area contributed by atoms with Crippen LogP contribution in [0, 0.1) is 0 Å². The molecule has 0 aromatic heterocycles. The number of hydrogen-bond acceptors (Lipinski definition) is 0. The Balaban J connectivity index is 1.82. The summed E-state index contributed by atoms with van der Waals surface area (Å²) >= 11 is 3.79. The second kappa shape index (κ2) is 5.65. The summed E-state index contributed by atoms with van der Waals surface area (Å²) in [6.45, 7) is 0.821. The molecule has 2 aliphatic heterocycles. The van der Waals surface area contributed by atoms with Crippen molar-refractivity contribution in [2.75, 3.05) is 0 Å². The zero-order valence-electron chi connectivity index (χ0n) is 10.8.